The van der Waals surface area contributed by atoms with Crippen LogP contribution in [0.5, 0.6) is 0 Å². The van der Waals surface area contributed by atoms with Crippen molar-refractivity contribution in [1.82, 2.24) is 0 Å². The van der Waals surface area contributed by atoms with E-state index in [2.05, 4.69) is 229 Å². The van der Waals surface area contributed by atoms with E-state index in [9.17, 15) is 0 Å². The molecule has 0 aliphatic rings. The summed E-state index contributed by atoms with van der Waals surface area (Å²) in [5.74, 6) is 0. The van der Waals surface area contributed by atoms with E-state index >= 15 is 0 Å². The van der Waals surface area contributed by atoms with E-state index in [0.717, 1.165) is 55.7 Å². The fraction of sp³-hybridized carbons (Fsp3) is 0. The van der Waals surface area contributed by atoms with E-state index in [1.54, 1.807) is 0 Å². The van der Waals surface area contributed by atoms with E-state index in [1.165, 1.54) is 49.4 Å². The SMILES string of the molecule is c1ccc(-c2ccccc2-c2ccccc2N(c2ccc(-c3cccc4ccccc34)cc2)c2ccc(-c3ccc4ccccc4c3)c3oc4ccccc4c23)cc1. The lowest BCUT2D eigenvalue weighted by molar-refractivity contribution is 0.670. The van der Waals surface area contributed by atoms with Crippen LogP contribution in [0.15, 0.2) is 229 Å². The van der Waals surface area contributed by atoms with Crippen LogP contribution in [-0.2, 0) is 0 Å². The van der Waals surface area contributed by atoms with Crippen molar-refractivity contribution in [3.8, 4) is 44.5 Å². The van der Waals surface area contributed by atoms with Gasteiger partial charge < -0.3 is 9.32 Å². The first-order valence-corrected chi connectivity index (χ1v) is 19.8. The first-order valence-electron chi connectivity index (χ1n) is 19.8. The first-order chi connectivity index (χ1) is 28.8. The van der Waals surface area contributed by atoms with Gasteiger partial charge in [0.2, 0.25) is 0 Å². The second kappa shape index (κ2) is 14.1. The Hall–Kier alpha value is -7.68. The molecule has 0 N–H and O–H groups in total. The highest BCUT2D eigenvalue weighted by Gasteiger charge is 2.25. The van der Waals surface area contributed by atoms with Crippen LogP contribution in [0.2, 0.25) is 0 Å². The summed E-state index contributed by atoms with van der Waals surface area (Å²) in [5, 5.41) is 7.05. The molecule has 0 fully saturated rings. The average Bonchev–Trinajstić information content (AvgIpc) is 3.70. The number of anilines is 3. The molecule has 58 heavy (non-hydrogen) atoms. The van der Waals surface area contributed by atoms with Gasteiger partial charge >= 0.3 is 0 Å². The molecule has 11 aromatic rings. The van der Waals surface area contributed by atoms with Crippen molar-refractivity contribution in [2.24, 2.45) is 0 Å². The molecule has 1 aromatic heterocycles. The van der Waals surface area contributed by atoms with E-state index in [0.29, 0.717) is 0 Å². The second-order valence-corrected chi connectivity index (χ2v) is 14.8. The molecule has 0 amide bonds. The number of rotatable bonds is 7. The lowest BCUT2D eigenvalue weighted by atomic mass is 9.92. The maximum Gasteiger partial charge on any atom is 0.145 e. The van der Waals surface area contributed by atoms with E-state index in [4.69, 9.17) is 4.42 Å². The highest BCUT2D eigenvalue weighted by molar-refractivity contribution is 6.18. The topological polar surface area (TPSA) is 16.4 Å². The van der Waals surface area contributed by atoms with Crippen molar-refractivity contribution in [3.05, 3.63) is 224 Å². The summed E-state index contributed by atoms with van der Waals surface area (Å²) in [5.41, 5.74) is 14.2. The minimum atomic E-state index is 0.862. The first kappa shape index (κ1) is 33.6. The van der Waals surface area contributed by atoms with Crippen molar-refractivity contribution in [2.75, 3.05) is 4.90 Å². The predicted octanol–water partition coefficient (Wildman–Crippen LogP) is 16.0. The maximum atomic E-state index is 6.90. The van der Waals surface area contributed by atoms with Crippen LogP contribution >= 0.6 is 0 Å². The molecule has 0 aliphatic carbocycles. The zero-order chi connectivity index (χ0) is 38.4. The summed E-state index contributed by atoms with van der Waals surface area (Å²) in [7, 11) is 0. The van der Waals surface area contributed by atoms with Crippen LogP contribution in [0.4, 0.5) is 17.1 Å². The molecule has 0 saturated carbocycles. The van der Waals surface area contributed by atoms with Gasteiger partial charge in [0.15, 0.2) is 0 Å². The summed E-state index contributed by atoms with van der Waals surface area (Å²) in [6, 6.07) is 80.6. The Morgan fingerprint density at radius 2 is 0.914 bits per heavy atom. The highest BCUT2D eigenvalue weighted by atomic mass is 16.3. The standard InChI is InChI=1S/C56H37NO/c1-2-16-39(17-3-1)47-22-8-9-23-49(47)50-24-10-12-27-52(50)57(44-33-31-41(32-34-44)46-26-14-20-40-18-6-7-21-45(40)46)53-36-35-48(43-30-29-38-15-4-5-19-42(38)37-43)56-55(53)51-25-11-13-28-54(51)58-56/h1-37H. The molecule has 0 saturated heterocycles. The predicted molar refractivity (Wildman–Crippen MR) is 245 cm³/mol. The van der Waals surface area contributed by atoms with Crippen LogP contribution in [0.25, 0.3) is 88.0 Å². The number of nitrogens with zero attached hydrogens (tertiary/aromatic N) is 1. The van der Waals surface area contributed by atoms with Crippen LogP contribution < -0.4 is 4.90 Å². The summed E-state index contributed by atoms with van der Waals surface area (Å²) >= 11 is 0. The average molecular weight is 740 g/mol. The Morgan fingerprint density at radius 3 is 1.76 bits per heavy atom. The van der Waals surface area contributed by atoms with Crippen molar-refractivity contribution < 1.29 is 4.42 Å². The number of para-hydroxylation sites is 2. The molecule has 0 radical (unpaired) electrons. The molecule has 2 nitrogen and oxygen atoms in total. The highest BCUT2D eigenvalue weighted by Crippen LogP contribution is 2.49. The van der Waals surface area contributed by atoms with Crippen molar-refractivity contribution in [2.45, 2.75) is 0 Å². The lowest BCUT2D eigenvalue weighted by Gasteiger charge is -2.29. The summed E-state index contributed by atoms with van der Waals surface area (Å²) < 4.78 is 6.90. The summed E-state index contributed by atoms with van der Waals surface area (Å²) in [6.45, 7) is 0. The third-order valence-electron chi connectivity index (χ3n) is 11.5. The Labute approximate surface area is 337 Å². The zero-order valence-corrected chi connectivity index (χ0v) is 31.7. The maximum absolute atomic E-state index is 6.90. The molecule has 0 atom stereocenters. The fourth-order valence-corrected chi connectivity index (χ4v) is 8.74. The molecule has 10 aromatic carbocycles. The van der Waals surface area contributed by atoms with E-state index < -0.39 is 0 Å². The monoisotopic (exact) mass is 739 g/mol. The summed E-state index contributed by atoms with van der Waals surface area (Å²) in [6.07, 6.45) is 0. The van der Waals surface area contributed by atoms with Gasteiger partial charge in [-0.1, -0.05) is 182 Å². The number of fused-ring (bicyclic) bond motifs is 5. The number of benzene rings is 10. The van der Waals surface area contributed by atoms with Crippen LogP contribution in [0, 0.1) is 0 Å². The molecular weight excluding hydrogens is 703 g/mol. The Bertz CT molecular complexity index is 3280. The molecule has 272 valence electrons. The van der Waals surface area contributed by atoms with Gasteiger partial charge in [-0.2, -0.15) is 0 Å². The molecule has 1 heterocycles. The van der Waals surface area contributed by atoms with Crippen LogP contribution in [0.1, 0.15) is 0 Å². The van der Waals surface area contributed by atoms with Gasteiger partial charge in [-0.15, -0.1) is 0 Å². The van der Waals surface area contributed by atoms with Crippen molar-refractivity contribution in [3.63, 3.8) is 0 Å². The van der Waals surface area contributed by atoms with Gasteiger partial charge in [-0.3, -0.25) is 0 Å². The summed E-state index contributed by atoms with van der Waals surface area (Å²) in [4.78, 5) is 2.43. The quantitative estimate of drug-likeness (QED) is 0.162. The molecule has 11 rings (SSSR count). The van der Waals surface area contributed by atoms with Crippen molar-refractivity contribution >= 4 is 60.5 Å². The van der Waals surface area contributed by atoms with Crippen LogP contribution in [-0.4, -0.2) is 0 Å². The third-order valence-corrected chi connectivity index (χ3v) is 11.5. The molecule has 2 heteroatoms. The molecule has 0 aliphatic heterocycles. The lowest BCUT2D eigenvalue weighted by Crippen LogP contribution is -2.12. The fourth-order valence-electron chi connectivity index (χ4n) is 8.74. The van der Waals surface area contributed by atoms with Gasteiger partial charge in [-0.05, 0) is 97.4 Å². The van der Waals surface area contributed by atoms with Gasteiger partial charge in [0.05, 0.1) is 16.8 Å². The van der Waals surface area contributed by atoms with Crippen molar-refractivity contribution in [1.29, 1.82) is 0 Å². The second-order valence-electron chi connectivity index (χ2n) is 14.8. The van der Waals surface area contributed by atoms with Gasteiger partial charge in [0.25, 0.3) is 0 Å². The molecule has 0 unspecified atom stereocenters. The smallest absolute Gasteiger partial charge is 0.145 e. The Morgan fingerprint density at radius 1 is 0.310 bits per heavy atom. The third kappa shape index (κ3) is 5.74. The minimum Gasteiger partial charge on any atom is -0.455 e. The number of furan rings is 1. The Balaban J connectivity index is 1.17. The molecule has 0 spiro atoms. The number of hydrogen-bond donors (Lipinski definition) is 0. The van der Waals surface area contributed by atoms with Gasteiger partial charge in [-0.25, -0.2) is 0 Å². The molecule has 0 bridgehead atoms. The van der Waals surface area contributed by atoms with E-state index in [1.807, 2.05) is 0 Å². The number of hydrogen-bond acceptors (Lipinski definition) is 2. The molecular formula is C56H37NO. The Kier molecular flexibility index (Phi) is 8.19. The van der Waals surface area contributed by atoms with Gasteiger partial charge in [0.1, 0.15) is 11.2 Å². The largest absolute Gasteiger partial charge is 0.455 e. The van der Waals surface area contributed by atoms with Gasteiger partial charge in [0, 0.05) is 22.2 Å². The zero-order valence-electron chi connectivity index (χ0n) is 31.7. The van der Waals surface area contributed by atoms with Crippen LogP contribution in [0.3, 0.4) is 0 Å². The van der Waals surface area contributed by atoms with E-state index in [-0.39, 0.29) is 0 Å². The minimum absolute atomic E-state index is 0.862. The normalized spacial score (nSPS) is 11.4.